The van der Waals surface area contributed by atoms with Gasteiger partial charge in [-0.2, -0.15) is 0 Å². The van der Waals surface area contributed by atoms with E-state index >= 15 is 0 Å². The van der Waals surface area contributed by atoms with Crippen LogP contribution in [0.2, 0.25) is 0 Å². The number of ether oxygens (including phenoxy) is 1. The van der Waals surface area contributed by atoms with E-state index in [1.807, 2.05) is 0 Å². The third-order valence-corrected chi connectivity index (χ3v) is 2.46. The first-order chi connectivity index (χ1) is 4.54. The Bertz CT molecular complexity index is 86.7. The van der Waals surface area contributed by atoms with E-state index in [0.29, 0.717) is 5.41 Å². The Morgan fingerprint density at radius 2 is 1.90 bits per heavy atom. The van der Waals surface area contributed by atoms with Gasteiger partial charge in [-0.1, -0.05) is 34.1 Å². The minimum Gasteiger partial charge on any atom is -0.384 e. The molecule has 0 spiro atoms. The topological polar surface area (TPSA) is 9.23 Å². The van der Waals surface area contributed by atoms with E-state index in [4.69, 9.17) is 4.74 Å². The average molecular weight is 144 g/mol. The zero-order valence-electron chi connectivity index (χ0n) is 7.90. The molecule has 0 aliphatic carbocycles. The molecule has 0 saturated carbocycles. The summed E-state index contributed by atoms with van der Waals surface area (Å²) < 4.78 is 5.13. The molecule has 1 atom stereocenters. The van der Waals surface area contributed by atoms with Crippen molar-refractivity contribution in [3.05, 3.63) is 0 Å². The first-order valence-electron chi connectivity index (χ1n) is 4.03. The lowest BCUT2D eigenvalue weighted by atomic mass is 9.79. The number of hydrogen-bond donors (Lipinski definition) is 0. The van der Waals surface area contributed by atoms with E-state index in [-0.39, 0.29) is 0 Å². The molecule has 1 unspecified atom stereocenters. The summed E-state index contributed by atoms with van der Waals surface area (Å²) in [5, 5.41) is 0. The van der Waals surface area contributed by atoms with Crippen molar-refractivity contribution in [2.24, 2.45) is 11.3 Å². The van der Waals surface area contributed by atoms with Crippen LogP contribution in [-0.4, -0.2) is 13.7 Å². The maximum atomic E-state index is 5.13. The van der Waals surface area contributed by atoms with Gasteiger partial charge in [0.2, 0.25) is 0 Å². The first-order valence-corrected chi connectivity index (χ1v) is 4.03. The molecule has 0 aromatic heterocycles. The summed E-state index contributed by atoms with van der Waals surface area (Å²) >= 11 is 0. The first kappa shape index (κ1) is 9.96. The lowest BCUT2D eigenvalue weighted by Gasteiger charge is -2.30. The molecule has 0 heterocycles. The van der Waals surface area contributed by atoms with Crippen molar-refractivity contribution in [1.29, 1.82) is 0 Å². The highest BCUT2D eigenvalue weighted by atomic mass is 16.5. The van der Waals surface area contributed by atoms with Crippen LogP contribution in [0.25, 0.3) is 0 Å². The number of methoxy groups -OCH3 is 1. The zero-order chi connectivity index (χ0) is 8.20. The van der Waals surface area contributed by atoms with Crippen LogP contribution in [0, 0.1) is 11.3 Å². The van der Waals surface area contributed by atoms with E-state index < -0.39 is 0 Å². The van der Waals surface area contributed by atoms with E-state index in [2.05, 4.69) is 27.7 Å². The van der Waals surface area contributed by atoms with Crippen LogP contribution in [0.4, 0.5) is 0 Å². The van der Waals surface area contributed by atoms with E-state index in [9.17, 15) is 0 Å². The molecule has 10 heavy (non-hydrogen) atoms. The van der Waals surface area contributed by atoms with Gasteiger partial charge in [0.25, 0.3) is 0 Å². The van der Waals surface area contributed by atoms with E-state index in [0.717, 1.165) is 12.5 Å². The Balaban J connectivity index is 3.82. The number of hydrogen-bond acceptors (Lipinski definition) is 1. The third kappa shape index (κ3) is 2.70. The molecule has 0 aliphatic rings. The fourth-order valence-corrected chi connectivity index (χ4v) is 1.07. The molecule has 0 bridgehead atoms. The molecule has 0 aliphatic heterocycles. The van der Waals surface area contributed by atoms with E-state index in [1.165, 1.54) is 6.42 Å². The largest absolute Gasteiger partial charge is 0.384 e. The summed E-state index contributed by atoms with van der Waals surface area (Å²) in [6.45, 7) is 9.87. The van der Waals surface area contributed by atoms with Crippen molar-refractivity contribution >= 4 is 0 Å². The van der Waals surface area contributed by atoms with Gasteiger partial charge in [-0.25, -0.2) is 0 Å². The van der Waals surface area contributed by atoms with Crippen molar-refractivity contribution in [2.75, 3.05) is 13.7 Å². The molecule has 1 nitrogen and oxygen atoms in total. The minimum absolute atomic E-state index is 0.337. The SMILES string of the molecule is CCC(C)C(C)(C)COC. The summed E-state index contributed by atoms with van der Waals surface area (Å²) in [5.41, 5.74) is 0.337. The summed E-state index contributed by atoms with van der Waals surface area (Å²) in [6, 6.07) is 0. The second-order valence-electron chi connectivity index (χ2n) is 3.73. The standard InChI is InChI=1S/C9H20O/c1-6-8(2)9(3,4)7-10-5/h8H,6-7H2,1-5H3. The molecule has 0 aromatic rings. The molecular formula is C9H20O. The van der Waals surface area contributed by atoms with Gasteiger partial charge < -0.3 is 4.74 Å². The third-order valence-electron chi connectivity index (χ3n) is 2.46. The molecule has 0 N–H and O–H groups in total. The van der Waals surface area contributed by atoms with Gasteiger partial charge in [-0.3, -0.25) is 0 Å². The molecule has 0 amide bonds. The maximum absolute atomic E-state index is 5.13. The van der Waals surface area contributed by atoms with Crippen LogP contribution in [0.3, 0.4) is 0 Å². The summed E-state index contributed by atoms with van der Waals surface area (Å²) in [4.78, 5) is 0. The van der Waals surface area contributed by atoms with Crippen molar-refractivity contribution in [1.82, 2.24) is 0 Å². The molecule has 62 valence electrons. The van der Waals surface area contributed by atoms with Gasteiger partial charge >= 0.3 is 0 Å². The van der Waals surface area contributed by atoms with Crippen LogP contribution in [0.1, 0.15) is 34.1 Å². The van der Waals surface area contributed by atoms with Crippen LogP contribution < -0.4 is 0 Å². The monoisotopic (exact) mass is 144 g/mol. The second-order valence-corrected chi connectivity index (χ2v) is 3.73. The quantitative estimate of drug-likeness (QED) is 0.589. The smallest absolute Gasteiger partial charge is 0.0515 e. The summed E-state index contributed by atoms with van der Waals surface area (Å²) in [5.74, 6) is 0.743. The summed E-state index contributed by atoms with van der Waals surface area (Å²) in [7, 11) is 1.77. The van der Waals surface area contributed by atoms with Gasteiger partial charge in [0.05, 0.1) is 6.61 Å². The molecule has 0 saturated heterocycles. The molecule has 1 heteroatoms. The Kier molecular flexibility index (Phi) is 3.95. The predicted octanol–water partition coefficient (Wildman–Crippen LogP) is 2.71. The lowest BCUT2D eigenvalue weighted by Crippen LogP contribution is -2.26. The molecule has 0 fully saturated rings. The molecular weight excluding hydrogens is 124 g/mol. The highest BCUT2D eigenvalue weighted by Gasteiger charge is 2.23. The Morgan fingerprint density at radius 1 is 1.40 bits per heavy atom. The van der Waals surface area contributed by atoms with E-state index in [1.54, 1.807) is 7.11 Å². The van der Waals surface area contributed by atoms with Gasteiger partial charge in [0.15, 0.2) is 0 Å². The Labute approximate surface area is 64.8 Å². The van der Waals surface area contributed by atoms with Gasteiger partial charge in [-0.15, -0.1) is 0 Å². The highest BCUT2D eigenvalue weighted by molar-refractivity contribution is 4.73. The zero-order valence-corrected chi connectivity index (χ0v) is 7.90. The van der Waals surface area contributed by atoms with Crippen LogP contribution in [0.5, 0.6) is 0 Å². The van der Waals surface area contributed by atoms with Crippen molar-refractivity contribution < 1.29 is 4.74 Å². The summed E-state index contributed by atoms with van der Waals surface area (Å²) in [6.07, 6.45) is 1.23. The van der Waals surface area contributed by atoms with Gasteiger partial charge in [-0.05, 0) is 11.3 Å². The Morgan fingerprint density at radius 3 is 2.20 bits per heavy atom. The highest BCUT2D eigenvalue weighted by Crippen LogP contribution is 2.28. The Hall–Kier alpha value is -0.0400. The van der Waals surface area contributed by atoms with Gasteiger partial charge in [0.1, 0.15) is 0 Å². The number of rotatable bonds is 4. The van der Waals surface area contributed by atoms with Crippen LogP contribution in [-0.2, 0) is 4.74 Å². The lowest BCUT2D eigenvalue weighted by molar-refractivity contribution is 0.0641. The van der Waals surface area contributed by atoms with Crippen molar-refractivity contribution in [3.8, 4) is 0 Å². The average Bonchev–Trinajstić information content (AvgIpc) is 1.86. The van der Waals surface area contributed by atoms with Gasteiger partial charge in [0, 0.05) is 7.11 Å². The molecule has 0 radical (unpaired) electrons. The van der Waals surface area contributed by atoms with Crippen molar-refractivity contribution in [2.45, 2.75) is 34.1 Å². The van der Waals surface area contributed by atoms with Crippen molar-refractivity contribution in [3.63, 3.8) is 0 Å². The second kappa shape index (κ2) is 3.97. The predicted molar refractivity (Wildman–Crippen MR) is 45.1 cm³/mol. The fourth-order valence-electron chi connectivity index (χ4n) is 1.07. The van der Waals surface area contributed by atoms with Crippen LogP contribution >= 0.6 is 0 Å². The van der Waals surface area contributed by atoms with Crippen LogP contribution in [0.15, 0.2) is 0 Å². The molecule has 0 rings (SSSR count). The molecule has 0 aromatic carbocycles. The maximum Gasteiger partial charge on any atom is 0.0515 e. The normalized spacial score (nSPS) is 15.3. The fraction of sp³-hybridized carbons (Fsp3) is 1.00. The minimum atomic E-state index is 0.337.